The lowest BCUT2D eigenvalue weighted by atomic mass is 10.2. The summed E-state index contributed by atoms with van der Waals surface area (Å²) in [4.78, 5) is 34.0. The topological polar surface area (TPSA) is 162 Å². The first-order valence-electron chi connectivity index (χ1n) is 9.51. The number of nitrogen functional groups attached to an aromatic ring is 1. The molecule has 0 bridgehead atoms. The van der Waals surface area contributed by atoms with Gasteiger partial charge < -0.3 is 15.8 Å². The van der Waals surface area contributed by atoms with Crippen molar-refractivity contribution >= 4 is 33.2 Å². The number of imidazole rings is 1. The lowest BCUT2D eigenvalue weighted by Crippen LogP contribution is -2.28. The zero-order chi connectivity index (χ0) is 23.6. The number of anilines is 1. The normalized spacial score (nSPS) is 11.4. The van der Waals surface area contributed by atoms with E-state index in [0.717, 1.165) is 12.1 Å². The van der Waals surface area contributed by atoms with Crippen LogP contribution in [0.1, 0.15) is 10.4 Å². The minimum Gasteiger partial charge on any atom is -0.492 e. The highest BCUT2D eigenvalue weighted by atomic mass is 32.3. The maximum atomic E-state index is 12.9. The van der Waals surface area contributed by atoms with Crippen LogP contribution in [0.5, 0.6) is 5.75 Å². The Hall–Kier alpha value is -4.26. The van der Waals surface area contributed by atoms with Gasteiger partial charge in [0.15, 0.2) is 11.2 Å². The summed E-state index contributed by atoms with van der Waals surface area (Å²) in [6, 6.07) is 11.4. The van der Waals surface area contributed by atoms with E-state index in [-0.39, 0.29) is 30.2 Å². The second kappa shape index (κ2) is 8.70. The molecule has 0 aliphatic heterocycles. The van der Waals surface area contributed by atoms with Gasteiger partial charge in [-0.3, -0.25) is 19.1 Å². The highest BCUT2D eigenvalue weighted by Crippen LogP contribution is 2.18. The smallest absolute Gasteiger partial charge is 0.332 e. The van der Waals surface area contributed by atoms with Crippen molar-refractivity contribution in [1.29, 1.82) is 0 Å². The van der Waals surface area contributed by atoms with Crippen molar-refractivity contribution in [3.63, 3.8) is 0 Å². The van der Waals surface area contributed by atoms with E-state index in [1.165, 1.54) is 18.5 Å². The molecule has 4 N–H and O–H groups in total. The van der Waals surface area contributed by atoms with Gasteiger partial charge in [0, 0.05) is 11.3 Å². The lowest BCUT2D eigenvalue weighted by Gasteiger charge is -2.09. The summed E-state index contributed by atoms with van der Waals surface area (Å²) >= 11 is 0. The predicted molar refractivity (Wildman–Crippen MR) is 116 cm³/mol. The Balaban J connectivity index is 1.33. The lowest BCUT2D eigenvalue weighted by molar-refractivity contribution is 0.0947. The van der Waals surface area contributed by atoms with Crippen LogP contribution in [0.15, 0.2) is 64.5 Å². The van der Waals surface area contributed by atoms with Crippen molar-refractivity contribution in [2.24, 2.45) is 0 Å². The Morgan fingerprint density at radius 1 is 1.15 bits per heavy atom. The fourth-order valence-corrected chi connectivity index (χ4v) is 3.48. The molecule has 0 aliphatic carbocycles. The van der Waals surface area contributed by atoms with Crippen LogP contribution in [0.25, 0.3) is 16.9 Å². The molecule has 2 heterocycles. The average Bonchev–Trinajstić information content (AvgIpc) is 3.20. The molecule has 0 unspecified atom stereocenters. The molecule has 11 nitrogen and oxygen atoms in total. The van der Waals surface area contributed by atoms with E-state index >= 15 is 0 Å². The van der Waals surface area contributed by atoms with Gasteiger partial charge in [0.2, 0.25) is 5.95 Å². The summed E-state index contributed by atoms with van der Waals surface area (Å²) < 4.78 is 41.8. The minimum atomic E-state index is -4.81. The van der Waals surface area contributed by atoms with Crippen molar-refractivity contribution in [3.8, 4) is 11.4 Å². The van der Waals surface area contributed by atoms with Crippen LogP contribution in [-0.4, -0.2) is 47.0 Å². The summed E-state index contributed by atoms with van der Waals surface area (Å²) in [5.41, 5.74) is 6.55. The minimum absolute atomic E-state index is 0.0142. The number of fused-ring (bicyclic) bond motifs is 1. The number of hydrogen-bond donors (Lipinski definition) is 3. The maximum Gasteiger partial charge on any atom is 0.332 e. The van der Waals surface area contributed by atoms with Crippen molar-refractivity contribution in [2.75, 3.05) is 18.9 Å². The first-order valence-corrected chi connectivity index (χ1v) is 10.9. The van der Waals surface area contributed by atoms with Crippen LogP contribution in [0.3, 0.4) is 0 Å². The molecule has 2 aromatic heterocycles. The number of aromatic nitrogens is 4. The number of carbonyl (C=O) groups is 1. The molecule has 0 saturated carbocycles. The first-order chi connectivity index (χ1) is 15.7. The number of nitrogens with two attached hydrogens (primary N) is 1. The van der Waals surface area contributed by atoms with Crippen molar-refractivity contribution < 1.29 is 21.8 Å². The number of rotatable bonds is 7. The number of amides is 1. The summed E-state index contributed by atoms with van der Waals surface area (Å²) in [7, 11) is -4.81. The van der Waals surface area contributed by atoms with Gasteiger partial charge in [0.05, 0.1) is 11.4 Å². The molecule has 0 fully saturated rings. The number of ether oxygens (including phenoxy) is 1. The molecule has 4 rings (SSSR count). The van der Waals surface area contributed by atoms with E-state index in [4.69, 9.17) is 10.5 Å². The van der Waals surface area contributed by atoms with Gasteiger partial charge in [-0.05, 0) is 48.5 Å². The summed E-state index contributed by atoms with van der Waals surface area (Å²) in [6.07, 6.45) is 1.47. The number of benzene rings is 2. The monoisotopic (exact) mass is 472 g/mol. The van der Waals surface area contributed by atoms with Crippen molar-refractivity contribution in [1.82, 2.24) is 24.8 Å². The number of carbonyl (C=O) groups excluding carboxylic acids is 1. The summed E-state index contributed by atoms with van der Waals surface area (Å²) in [6.45, 7) is 0.353. The Kier molecular flexibility index (Phi) is 5.79. The maximum absolute atomic E-state index is 12.9. The molecule has 0 atom stereocenters. The van der Waals surface area contributed by atoms with Crippen LogP contribution >= 0.6 is 0 Å². The van der Waals surface area contributed by atoms with E-state index < -0.39 is 26.6 Å². The first kappa shape index (κ1) is 22.0. The quantitative estimate of drug-likeness (QED) is 0.267. The fourth-order valence-electron chi connectivity index (χ4n) is 3.02. The standard InChI is InChI=1S/C20H17FN6O5S/c21-33(30,31)15-7-1-12(2-8-15)18(28)23-9-10-32-14-5-3-13(4-6-14)27-11-24-16-17(27)25-20(22)26-19(16)29/h1-8,11H,9-10H2,(H,23,28)(H3,22,25,26,29). The molecule has 33 heavy (non-hydrogen) atoms. The Morgan fingerprint density at radius 3 is 2.52 bits per heavy atom. The third-order valence-electron chi connectivity index (χ3n) is 4.59. The van der Waals surface area contributed by atoms with E-state index in [9.17, 15) is 21.9 Å². The van der Waals surface area contributed by atoms with Crippen LogP contribution in [0, 0.1) is 0 Å². The molecule has 170 valence electrons. The van der Waals surface area contributed by atoms with E-state index in [1.54, 1.807) is 28.8 Å². The van der Waals surface area contributed by atoms with Gasteiger partial charge in [-0.25, -0.2) is 4.98 Å². The molecular formula is C20H17FN6O5S. The number of nitrogens with one attached hydrogen (secondary N) is 2. The molecule has 13 heteroatoms. The van der Waals surface area contributed by atoms with Crippen LogP contribution in [0.4, 0.5) is 9.83 Å². The van der Waals surface area contributed by atoms with Gasteiger partial charge in [-0.15, -0.1) is 3.89 Å². The van der Waals surface area contributed by atoms with Gasteiger partial charge >= 0.3 is 10.2 Å². The molecular weight excluding hydrogens is 455 g/mol. The Morgan fingerprint density at radius 2 is 1.85 bits per heavy atom. The number of aromatic amines is 1. The Labute approximate surface area is 186 Å². The zero-order valence-electron chi connectivity index (χ0n) is 16.9. The number of hydrogen-bond acceptors (Lipinski definition) is 8. The summed E-state index contributed by atoms with van der Waals surface area (Å²) in [5, 5.41) is 2.62. The second-order valence-corrected chi connectivity index (χ2v) is 8.15. The number of H-pyrrole nitrogens is 1. The van der Waals surface area contributed by atoms with Gasteiger partial charge in [-0.1, -0.05) is 0 Å². The third-order valence-corrected chi connectivity index (χ3v) is 5.43. The molecule has 4 aromatic rings. The van der Waals surface area contributed by atoms with Crippen LogP contribution < -0.4 is 21.3 Å². The van der Waals surface area contributed by atoms with E-state index in [2.05, 4.69) is 20.3 Å². The molecule has 1 amide bonds. The zero-order valence-corrected chi connectivity index (χ0v) is 17.7. The van der Waals surface area contributed by atoms with Gasteiger partial charge in [0.1, 0.15) is 18.7 Å². The highest BCUT2D eigenvalue weighted by molar-refractivity contribution is 7.86. The van der Waals surface area contributed by atoms with E-state index in [1.807, 2.05) is 0 Å². The number of nitrogens with zero attached hydrogens (tertiary/aromatic N) is 3. The second-order valence-electron chi connectivity index (χ2n) is 6.80. The third kappa shape index (κ3) is 4.82. The predicted octanol–water partition coefficient (Wildman–Crippen LogP) is 1.16. The average molecular weight is 472 g/mol. The highest BCUT2D eigenvalue weighted by Gasteiger charge is 2.13. The largest absolute Gasteiger partial charge is 0.492 e. The number of halogens is 1. The molecule has 2 aromatic carbocycles. The molecule has 0 radical (unpaired) electrons. The Bertz CT molecular complexity index is 1480. The van der Waals surface area contributed by atoms with Crippen LogP contribution in [0.2, 0.25) is 0 Å². The van der Waals surface area contributed by atoms with Crippen molar-refractivity contribution in [3.05, 3.63) is 70.8 Å². The van der Waals surface area contributed by atoms with Gasteiger partial charge in [0.25, 0.3) is 11.5 Å². The van der Waals surface area contributed by atoms with E-state index in [0.29, 0.717) is 17.1 Å². The van der Waals surface area contributed by atoms with Crippen molar-refractivity contribution in [2.45, 2.75) is 4.90 Å². The molecule has 0 aliphatic rings. The molecule has 0 spiro atoms. The summed E-state index contributed by atoms with van der Waals surface area (Å²) in [5.74, 6) is 0.0744. The fraction of sp³-hybridized carbons (Fsp3) is 0.100. The van der Waals surface area contributed by atoms with Crippen LogP contribution in [-0.2, 0) is 10.2 Å². The van der Waals surface area contributed by atoms with Gasteiger partial charge in [-0.2, -0.15) is 13.4 Å². The molecule has 0 saturated heterocycles. The SMILES string of the molecule is Nc1nc2c(ncn2-c2ccc(OCCNC(=O)c3ccc(S(=O)(=O)F)cc3)cc2)c(=O)[nH]1.